The van der Waals surface area contributed by atoms with Gasteiger partial charge in [-0.05, 0) is 19.3 Å². The van der Waals surface area contributed by atoms with Crippen LogP contribution in [0.5, 0.6) is 0 Å². The molecule has 0 aromatic rings. The van der Waals surface area contributed by atoms with Crippen molar-refractivity contribution in [1.82, 2.24) is 0 Å². The second kappa shape index (κ2) is 16.0. The van der Waals surface area contributed by atoms with E-state index in [-0.39, 0.29) is 0 Å². The van der Waals surface area contributed by atoms with E-state index in [1.807, 2.05) is 0 Å². The molecule has 0 spiro atoms. The third kappa shape index (κ3) is 13.8. The number of hydrogen-bond donors (Lipinski definition) is 0. The lowest BCUT2D eigenvalue weighted by Crippen LogP contribution is -2.03. The van der Waals surface area contributed by atoms with Crippen molar-refractivity contribution in [1.29, 1.82) is 0 Å². The van der Waals surface area contributed by atoms with Gasteiger partial charge in [0.25, 0.3) is 0 Å². The fourth-order valence-electron chi connectivity index (χ4n) is 2.30. The predicted molar refractivity (Wildman–Crippen MR) is 96.8 cm³/mol. The van der Waals surface area contributed by atoms with Crippen molar-refractivity contribution in [2.75, 3.05) is 19.4 Å². The molecule has 0 atom stereocenters. The summed E-state index contributed by atoms with van der Waals surface area (Å²) in [6.07, 6.45) is 14.6. The van der Waals surface area contributed by atoms with Crippen LogP contribution in [0.2, 0.25) is 0 Å². The summed E-state index contributed by atoms with van der Waals surface area (Å²) < 4.78 is 23.9. The summed E-state index contributed by atoms with van der Waals surface area (Å²) in [5.74, 6) is 0. The lowest BCUT2D eigenvalue weighted by molar-refractivity contribution is 0.199. The Morgan fingerprint density at radius 3 is 1.45 bits per heavy atom. The first kappa shape index (κ1) is 22.1. The Morgan fingerprint density at radius 2 is 1.00 bits per heavy atom. The molecule has 22 heavy (non-hydrogen) atoms. The normalized spacial score (nSPS) is 12.0. The first-order chi connectivity index (χ1) is 10.7. The van der Waals surface area contributed by atoms with E-state index >= 15 is 0 Å². The van der Waals surface area contributed by atoms with Crippen molar-refractivity contribution in [3.8, 4) is 0 Å². The van der Waals surface area contributed by atoms with Crippen molar-refractivity contribution in [2.45, 2.75) is 97.8 Å². The SMILES string of the molecule is CCCCCCCCCCP(=O)(OCCCC)OCCCC. The molecule has 0 rings (SSSR count). The van der Waals surface area contributed by atoms with E-state index in [2.05, 4.69) is 20.8 Å². The molecule has 4 heteroatoms. The number of rotatable bonds is 17. The highest BCUT2D eigenvalue weighted by molar-refractivity contribution is 7.53. The Morgan fingerprint density at radius 1 is 0.591 bits per heavy atom. The average Bonchev–Trinajstić information content (AvgIpc) is 2.51. The lowest BCUT2D eigenvalue weighted by atomic mass is 10.1. The van der Waals surface area contributed by atoms with Crippen LogP contribution in [0.3, 0.4) is 0 Å². The maximum absolute atomic E-state index is 12.7. The number of hydrogen-bond acceptors (Lipinski definition) is 3. The van der Waals surface area contributed by atoms with Crippen molar-refractivity contribution in [2.24, 2.45) is 0 Å². The first-order valence-electron chi connectivity index (χ1n) is 9.56. The van der Waals surface area contributed by atoms with Gasteiger partial charge < -0.3 is 9.05 Å². The monoisotopic (exact) mass is 334 g/mol. The minimum absolute atomic E-state index is 0.566. The fourth-order valence-corrected chi connectivity index (χ4v) is 4.06. The molecule has 0 heterocycles. The maximum Gasteiger partial charge on any atom is 0.330 e. The molecule has 0 saturated carbocycles. The van der Waals surface area contributed by atoms with Crippen LogP contribution in [0, 0.1) is 0 Å². The molecule has 0 aromatic heterocycles. The van der Waals surface area contributed by atoms with E-state index in [0.29, 0.717) is 19.4 Å². The molecular weight excluding hydrogens is 295 g/mol. The fraction of sp³-hybridized carbons (Fsp3) is 1.00. The van der Waals surface area contributed by atoms with Gasteiger partial charge in [-0.2, -0.15) is 0 Å². The van der Waals surface area contributed by atoms with Crippen LogP contribution in [0.4, 0.5) is 0 Å². The second-order valence-corrected chi connectivity index (χ2v) is 8.37. The molecular formula is C18H39O3P. The smallest absolute Gasteiger partial charge is 0.309 e. The highest BCUT2D eigenvalue weighted by Crippen LogP contribution is 2.49. The van der Waals surface area contributed by atoms with Crippen molar-refractivity contribution in [3.05, 3.63) is 0 Å². The van der Waals surface area contributed by atoms with E-state index in [1.165, 1.54) is 38.5 Å². The van der Waals surface area contributed by atoms with Crippen LogP contribution in [-0.2, 0) is 13.6 Å². The van der Waals surface area contributed by atoms with Gasteiger partial charge in [-0.1, -0.05) is 78.6 Å². The van der Waals surface area contributed by atoms with Gasteiger partial charge in [-0.25, -0.2) is 0 Å². The van der Waals surface area contributed by atoms with Gasteiger partial charge in [0, 0.05) is 0 Å². The Hall–Kier alpha value is 0.150. The maximum atomic E-state index is 12.7. The zero-order valence-electron chi connectivity index (χ0n) is 15.3. The van der Waals surface area contributed by atoms with E-state index in [4.69, 9.17) is 9.05 Å². The molecule has 0 saturated heterocycles. The molecule has 0 aliphatic heterocycles. The van der Waals surface area contributed by atoms with Gasteiger partial charge in [0.05, 0.1) is 19.4 Å². The van der Waals surface area contributed by atoms with E-state index in [0.717, 1.165) is 38.5 Å². The summed E-state index contributed by atoms with van der Waals surface area (Å²) in [7, 11) is -2.84. The Bertz CT molecular complexity index is 255. The molecule has 134 valence electrons. The van der Waals surface area contributed by atoms with Gasteiger partial charge in [0.15, 0.2) is 0 Å². The third-order valence-corrected chi connectivity index (χ3v) is 5.87. The quantitative estimate of drug-likeness (QED) is 0.213. The van der Waals surface area contributed by atoms with E-state index in [1.54, 1.807) is 0 Å². The average molecular weight is 334 g/mol. The van der Waals surface area contributed by atoms with Crippen LogP contribution in [0.15, 0.2) is 0 Å². The van der Waals surface area contributed by atoms with Crippen LogP contribution in [0.1, 0.15) is 97.8 Å². The minimum atomic E-state index is -2.84. The molecule has 0 aromatic carbocycles. The summed E-state index contributed by atoms with van der Waals surface area (Å²) in [4.78, 5) is 0. The van der Waals surface area contributed by atoms with Gasteiger partial charge in [0.1, 0.15) is 0 Å². The summed E-state index contributed by atoms with van der Waals surface area (Å²) in [6, 6.07) is 0. The van der Waals surface area contributed by atoms with Crippen molar-refractivity contribution in [3.63, 3.8) is 0 Å². The highest BCUT2D eigenvalue weighted by Gasteiger charge is 2.23. The first-order valence-corrected chi connectivity index (χ1v) is 11.3. The molecule has 0 aliphatic carbocycles. The lowest BCUT2D eigenvalue weighted by Gasteiger charge is -2.18. The Labute approximate surface area is 139 Å². The topological polar surface area (TPSA) is 35.5 Å². The van der Waals surface area contributed by atoms with Crippen LogP contribution in [0.25, 0.3) is 0 Å². The zero-order chi connectivity index (χ0) is 16.5. The molecule has 0 unspecified atom stereocenters. The molecule has 3 nitrogen and oxygen atoms in total. The highest BCUT2D eigenvalue weighted by atomic mass is 31.2. The Kier molecular flexibility index (Phi) is 16.1. The van der Waals surface area contributed by atoms with E-state index in [9.17, 15) is 4.57 Å². The molecule has 0 amide bonds. The van der Waals surface area contributed by atoms with Gasteiger partial charge in [0.2, 0.25) is 0 Å². The molecule has 0 fully saturated rings. The van der Waals surface area contributed by atoms with Crippen LogP contribution < -0.4 is 0 Å². The van der Waals surface area contributed by atoms with Crippen molar-refractivity contribution < 1.29 is 13.6 Å². The second-order valence-electron chi connectivity index (χ2n) is 6.18. The standard InChI is InChI=1S/C18H39O3P/c1-4-7-10-11-12-13-14-15-18-22(19,20-16-8-5-2)21-17-9-6-3/h4-18H2,1-3H3. The summed E-state index contributed by atoms with van der Waals surface area (Å²) in [6.45, 7) is 7.61. The van der Waals surface area contributed by atoms with Gasteiger partial charge in [-0.3, -0.25) is 4.57 Å². The van der Waals surface area contributed by atoms with Crippen LogP contribution >= 0.6 is 7.60 Å². The zero-order valence-corrected chi connectivity index (χ0v) is 16.2. The predicted octanol–water partition coefficient (Wildman–Crippen LogP) is 6.95. The van der Waals surface area contributed by atoms with Gasteiger partial charge in [-0.15, -0.1) is 0 Å². The third-order valence-electron chi connectivity index (χ3n) is 3.86. The van der Waals surface area contributed by atoms with Gasteiger partial charge >= 0.3 is 7.60 Å². The molecule has 0 bridgehead atoms. The number of unbranched alkanes of at least 4 members (excludes halogenated alkanes) is 9. The molecule has 0 N–H and O–H groups in total. The molecule has 0 radical (unpaired) electrons. The van der Waals surface area contributed by atoms with Crippen LogP contribution in [-0.4, -0.2) is 19.4 Å². The summed E-state index contributed by atoms with van der Waals surface area (Å²) in [5, 5.41) is 0. The minimum Gasteiger partial charge on any atom is -0.309 e. The summed E-state index contributed by atoms with van der Waals surface area (Å²) in [5.41, 5.74) is 0. The van der Waals surface area contributed by atoms with E-state index < -0.39 is 7.60 Å². The molecule has 0 aliphatic rings. The Balaban J connectivity index is 3.83. The van der Waals surface area contributed by atoms with Crippen molar-refractivity contribution >= 4 is 7.60 Å². The largest absolute Gasteiger partial charge is 0.330 e. The summed E-state index contributed by atoms with van der Waals surface area (Å²) >= 11 is 0.